The highest BCUT2D eigenvalue weighted by Crippen LogP contribution is 2.35. The van der Waals surface area contributed by atoms with E-state index >= 15 is 0 Å². The normalized spacial score (nSPS) is 30.9. The Kier molecular flexibility index (Phi) is 9.89. The first-order valence-corrected chi connectivity index (χ1v) is 10.3. The van der Waals surface area contributed by atoms with Gasteiger partial charge in [0.05, 0.1) is 12.1 Å². The van der Waals surface area contributed by atoms with Crippen molar-refractivity contribution in [2.75, 3.05) is 0 Å². The summed E-state index contributed by atoms with van der Waals surface area (Å²) in [4.78, 5) is 54.8. The molecule has 18 nitrogen and oxygen atoms in total. The lowest BCUT2D eigenvalue weighted by Gasteiger charge is -2.44. The fraction of sp³-hybridized carbons (Fsp3) is 0.667. The van der Waals surface area contributed by atoms with Gasteiger partial charge in [-0.2, -0.15) is 0 Å². The van der Waals surface area contributed by atoms with Gasteiger partial charge in [-0.3, -0.25) is 19.2 Å². The van der Waals surface area contributed by atoms with Crippen LogP contribution in [-0.2, 0) is 42.9 Å². The van der Waals surface area contributed by atoms with Gasteiger partial charge < -0.3 is 23.7 Å². The Hall–Kier alpha value is -4.49. The van der Waals surface area contributed by atoms with Crippen molar-refractivity contribution in [3.05, 3.63) is 43.2 Å². The minimum atomic E-state index is -1.62. The van der Waals surface area contributed by atoms with Crippen molar-refractivity contribution in [1.29, 1.82) is 0 Å². The van der Waals surface area contributed by atoms with Crippen LogP contribution in [0.1, 0.15) is 27.2 Å². The van der Waals surface area contributed by atoms with E-state index in [2.05, 4.69) is 30.1 Å². The molecule has 0 N–H and O–H groups in total. The summed E-state index contributed by atoms with van der Waals surface area (Å²) in [6.45, 7) is 3.20. The maximum Gasteiger partial charge on any atom is 0.303 e. The molecule has 0 aromatic rings. The number of rotatable bonds is 9. The molecule has 2 rings (SSSR count). The van der Waals surface area contributed by atoms with Gasteiger partial charge in [-0.15, -0.1) is 0 Å². The largest absolute Gasteiger partial charge is 0.461 e. The van der Waals surface area contributed by atoms with E-state index in [1.807, 2.05) is 0 Å². The number of hydrogen-bond acceptors (Lipinski definition) is 12. The molecule has 0 bridgehead atoms. The first-order valence-electron chi connectivity index (χ1n) is 10.3. The first kappa shape index (κ1) is 27.8. The van der Waals surface area contributed by atoms with E-state index in [1.54, 1.807) is 0 Å². The Morgan fingerprint density at radius 2 is 1.42 bits per heavy atom. The molecule has 0 unspecified atom stereocenters. The van der Waals surface area contributed by atoms with Crippen LogP contribution in [-0.4, -0.2) is 73.0 Å². The molecule has 36 heavy (non-hydrogen) atoms. The average molecular weight is 507 g/mol. The van der Waals surface area contributed by atoms with Gasteiger partial charge >= 0.3 is 17.9 Å². The summed E-state index contributed by atoms with van der Waals surface area (Å²) < 4.78 is 27.0. The smallest absolute Gasteiger partial charge is 0.303 e. The van der Waals surface area contributed by atoms with E-state index in [-0.39, 0.29) is 18.5 Å². The number of aldehydes is 1. The maximum absolute atomic E-state index is 11.9. The highest BCUT2D eigenvalue weighted by atomic mass is 16.7. The van der Waals surface area contributed by atoms with E-state index in [1.165, 1.54) is 0 Å². The lowest BCUT2D eigenvalue weighted by atomic mass is 9.84. The van der Waals surface area contributed by atoms with E-state index < -0.39 is 66.7 Å². The summed E-state index contributed by atoms with van der Waals surface area (Å²) in [5, 5.41) is 10.7. The van der Waals surface area contributed by atoms with Crippen molar-refractivity contribution in [2.24, 2.45) is 15.3 Å². The van der Waals surface area contributed by atoms with Gasteiger partial charge in [-0.25, -0.2) is 0 Å². The van der Waals surface area contributed by atoms with Crippen molar-refractivity contribution >= 4 is 24.2 Å². The van der Waals surface area contributed by atoms with Crippen LogP contribution < -0.4 is 0 Å². The van der Waals surface area contributed by atoms with Crippen LogP contribution in [0.15, 0.2) is 27.2 Å². The molecule has 1 fully saturated rings. The number of carbonyl (C=O) groups excluding carboxylic acids is 4. The minimum Gasteiger partial charge on any atom is -0.461 e. The molecule has 192 valence electrons. The first-order chi connectivity index (χ1) is 17.1. The zero-order valence-corrected chi connectivity index (χ0v) is 19.2. The van der Waals surface area contributed by atoms with Crippen LogP contribution in [0.5, 0.6) is 0 Å². The van der Waals surface area contributed by atoms with Gasteiger partial charge in [0.1, 0.15) is 24.4 Å². The van der Waals surface area contributed by atoms with Crippen molar-refractivity contribution in [1.82, 2.24) is 0 Å². The van der Waals surface area contributed by atoms with Gasteiger partial charge in [0.15, 0.2) is 18.1 Å². The second kappa shape index (κ2) is 12.8. The van der Waals surface area contributed by atoms with Crippen LogP contribution in [0.3, 0.4) is 0 Å². The predicted octanol–water partition coefficient (Wildman–Crippen LogP) is 2.05. The molecule has 1 aliphatic carbocycles. The van der Waals surface area contributed by atoms with Crippen LogP contribution >= 0.6 is 0 Å². The molecule has 1 saturated carbocycles. The van der Waals surface area contributed by atoms with Crippen LogP contribution in [0.2, 0.25) is 0 Å². The highest BCUT2D eigenvalue weighted by molar-refractivity contribution is 5.71. The number of carbonyl (C=O) groups is 4. The molecule has 0 aromatic heterocycles. The molecule has 8 atom stereocenters. The van der Waals surface area contributed by atoms with Crippen molar-refractivity contribution in [2.45, 2.75) is 76.0 Å². The number of hydrogen-bond donors (Lipinski definition) is 0. The topological polar surface area (TPSA) is 261 Å². The summed E-state index contributed by atoms with van der Waals surface area (Å²) in [5.41, 5.74) is 27.1. The molecule has 0 aromatic carbocycles. The van der Waals surface area contributed by atoms with Crippen molar-refractivity contribution in [3.63, 3.8) is 0 Å². The molecule has 0 radical (unpaired) electrons. The second-order valence-corrected chi connectivity index (χ2v) is 7.47. The van der Waals surface area contributed by atoms with Gasteiger partial charge in [0.25, 0.3) is 0 Å². The number of azide groups is 3. The van der Waals surface area contributed by atoms with E-state index in [4.69, 9.17) is 40.3 Å². The SMILES string of the molecule is CC(=O)O[C@@H]1[C@@H](OC(C)=O)[C@H](N=[N+]=[N-])C[C@H](N=[N+]=[N-])[C@H]1O[C@H]1OC(C=O)=C[C@H](OC(C)=O)[C@H]1N=[N+]=[N-]. The average Bonchev–Trinajstić information content (AvgIpc) is 2.79. The van der Waals surface area contributed by atoms with Crippen molar-refractivity contribution < 1.29 is 42.9 Å². The van der Waals surface area contributed by atoms with Crippen LogP contribution in [0, 0.1) is 0 Å². The Labute approximate surface area is 202 Å². The van der Waals surface area contributed by atoms with Gasteiger partial charge in [0, 0.05) is 41.6 Å². The maximum atomic E-state index is 11.9. The molecule has 1 heterocycles. The summed E-state index contributed by atoms with van der Waals surface area (Å²) in [5.74, 6) is -2.76. The summed E-state index contributed by atoms with van der Waals surface area (Å²) in [6.07, 6.45) is -6.03. The standard InChI is InChI=1S/C18H21N9O9/c1-7(29)32-13-4-10(6-28)35-18(14(13)24-27-21)36-16-12(23-26-20)5-11(22-25-19)15(33-8(2)30)17(16)34-9(3)31/h4,6,11-18H,5H2,1-3H3/t11-,12+,13+,14-,15+,16-,17-,18-/m1/s1. The van der Waals surface area contributed by atoms with Crippen LogP contribution in [0.4, 0.5) is 0 Å². The molecule has 2 aliphatic rings. The third-order valence-electron chi connectivity index (χ3n) is 4.98. The number of allylic oxidation sites excluding steroid dienone is 1. The molecular weight excluding hydrogens is 486 g/mol. The zero-order chi connectivity index (χ0) is 26.8. The molecule has 18 heteroatoms. The Morgan fingerprint density at radius 3 is 1.92 bits per heavy atom. The lowest BCUT2D eigenvalue weighted by molar-refractivity contribution is -0.235. The van der Waals surface area contributed by atoms with Gasteiger partial charge in [-0.05, 0) is 23.0 Å². The predicted molar refractivity (Wildman–Crippen MR) is 114 cm³/mol. The summed E-state index contributed by atoms with van der Waals surface area (Å²) in [7, 11) is 0. The Morgan fingerprint density at radius 1 is 0.889 bits per heavy atom. The van der Waals surface area contributed by atoms with Crippen molar-refractivity contribution in [3.8, 4) is 0 Å². The van der Waals surface area contributed by atoms with E-state index in [0.717, 1.165) is 26.8 Å². The zero-order valence-electron chi connectivity index (χ0n) is 19.2. The third-order valence-corrected chi connectivity index (χ3v) is 4.98. The van der Waals surface area contributed by atoms with E-state index in [9.17, 15) is 19.2 Å². The van der Waals surface area contributed by atoms with Gasteiger partial charge in [-0.1, -0.05) is 15.3 Å². The van der Waals surface area contributed by atoms with Gasteiger partial charge in [0.2, 0.25) is 6.29 Å². The second-order valence-electron chi connectivity index (χ2n) is 7.47. The fourth-order valence-corrected chi connectivity index (χ4v) is 3.79. The quantitative estimate of drug-likeness (QED) is 0.110. The van der Waals surface area contributed by atoms with Crippen LogP contribution in [0.25, 0.3) is 31.3 Å². The Balaban J connectivity index is 2.58. The number of ether oxygens (including phenoxy) is 5. The minimum absolute atomic E-state index is 0.211. The van der Waals surface area contributed by atoms with E-state index in [0.29, 0.717) is 0 Å². The highest BCUT2D eigenvalue weighted by Gasteiger charge is 2.51. The monoisotopic (exact) mass is 507 g/mol. The summed E-state index contributed by atoms with van der Waals surface area (Å²) in [6, 6.07) is -3.69. The number of nitrogens with zero attached hydrogens (tertiary/aromatic N) is 9. The molecular formula is C18H21N9O9. The lowest BCUT2D eigenvalue weighted by Crippen LogP contribution is -2.60. The summed E-state index contributed by atoms with van der Waals surface area (Å²) >= 11 is 0. The Bertz CT molecular complexity index is 1060. The fourth-order valence-electron chi connectivity index (χ4n) is 3.79. The number of esters is 3. The molecule has 0 saturated heterocycles. The molecule has 1 aliphatic heterocycles. The molecule has 0 spiro atoms. The molecule has 0 amide bonds. The third kappa shape index (κ3) is 7.01.